The van der Waals surface area contributed by atoms with Crippen molar-refractivity contribution in [3.05, 3.63) is 29.8 Å². The van der Waals surface area contributed by atoms with Gasteiger partial charge in [0.15, 0.2) is 17.2 Å². The van der Waals surface area contributed by atoms with Crippen molar-refractivity contribution in [3.8, 4) is 5.75 Å². The van der Waals surface area contributed by atoms with Gasteiger partial charge in [-0.1, -0.05) is 0 Å². The highest BCUT2D eigenvalue weighted by Crippen LogP contribution is 2.36. The molecular formula is C11H10F2O4. The standard InChI is InChI=1S/C11H10F2O4/c12-6-1-2-8(7(13)5-6)17-9-3-4-11(9,16)10(14)15/h1-2,5,9,16H,3-4H2,(H,14,15). The molecule has 0 radical (unpaired) electrons. The van der Waals surface area contributed by atoms with Crippen LogP contribution in [0.15, 0.2) is 18.2 Å². The summed E-state index contributed by atoms with van der Waals surface area (Å²) in [6.07, 6.45) is -0.657. The Hall–Kier alpha value is -1.69. The van der Waals surface area contributed by atoms with E-state index in [0.29, 0.717) is 12.5 Å². The van der Waals surface area contributed by atoms with E-state index in [4.69, 9.17) is 9.84 Å². The predicted octanol–water partition coefficient (Wildman–Crippen LogP) is 1.32. The van der Waals surface area contributed by atoms with Crippen molar-refractivity contribution in [2.75, 3.05) is 0 Å². The largest absolute Gasteiger partial charge is 0.484 e. The zero-order chi connectivity index (χ0) is 12.6. The average Bonchev–Trinajstić information content (AvgIpc) is 2.25. The Morgan fingerprint density at radius 1 is 1.47 bits per heavy atom. The summed E-state index contributed by atoms with van der Waals surface area (Å²) in [5.41, 5.74) is -1.99. The first-order valence-electron chi connectivity index (χ1n) is 5.01. The highest BCUT2D eigenvalue weighted by atomic mass is 19.1. The van der Waals surface area contributed by atoms with Gasteiger partial charge in [-0.15, -0.1) is 0 Å². The van der Waals surface area contributed by atoms with Crippen molar-refractivity contribution in [1.29, 1.82) is 0 Å². The molecule has 0 aromatic heterocycles. The number of ether oxygens (including phenoxy) is 1. The van der Waals surface area contributed by atoms with Crippen molar-refractivity contribution in [1.82, 2.24) is 0 Å². The monoisotopic (exact) mass is 244 g/mol. The minimum absolute atomic E-state index is 0.0514. The Morgan fingerprint density at radius 2 is 2.18 bits per heavy atom. The Balaban J connectivity index is 2.14. The number of carbonyl (C=O) groups is 1. The van der Waals surface area contributed by atoms with Gasteiger partial charge in [0.25, 0.3) is 0 Å². The van der Waals surface area contributed by atoms with Crippen LogP contribution in [0.5, 0.6) is 5.75 Å². The first-order valence-corrected chi connectivity index (χ1v) is 5.01. The van der Waals surface area contributed by atoms with E-state index >= 15 is 0 Å². The van der Waals surface area contributed by atoms with E-state index in [1.54, 1.807) is 0 Å². The number of hydrogen-bond acceptors (Lipinski definition) is 3. The summed E-state index contributed by atoms with van der Waals surface area (Å²) in [5.74, 6) is -3.35. The third kappa shape index (κ3) is 1.95. The second-order valence-electron chi connectivity index (χ2n) is 3.95. The molecule has 2 N–H and O–H groups in total. The average molecular weight is 244 g/mol. The first-order chi connectivity index (χ1) is 7.93. The van der Waals surface area contributed by atoms with Crippen LogP contribution in [0.1, 0.15) is 12.8 Å². The van der Waals surface area contributed by atoms with Crippen LogP contribution in [-0.2, 0) is 4.79 Å². The molecule has 0 heterocycles. The fraction of sp³-hybridized carbons (Fsp3) is 0.364. The summed E-state index contributed by atoms with van der Waals surface area (Å²) in [6, 6.07) is 2.69. The Bertz CT molecular complexity index is 463. The summed E-state index contributed by atoms with van der Waals surface area (Å²) < 4.78 is 30.9. The van der Waals surface area contributed by atoms with E-state index in [1.165, 1.54) is 0 Å². The van der Waals surface area contributed by atoms with Crippen LogP contribution in [0, 0.1) is 11.6 Å². The van der Waals surface area contributed by atoms with E-state index in [-0.39, 0.29) is 12.2 Å². The fourth-order valence-corrected chi connectivity index (χ4v) is 1.66. The molecule has 0 amide bonds. The maximum atomic E-state index is 13.2. The van der Waals surface area contributed by atoms with Crippen LogP contribution in [0.25, 0.3) is 0 Å². The molecule has 17 heavy (non-hydrogen) atoms. The summed E-state index contributed by atoms with van der Waals surface area (Å²) >= 11 is 0. The summed E-state index contributed by atoms with van der Waals surface area (Å²) in [6.45, 7) is 0. The minimum atomic E-state index is -1.99. The SMILES string of the molecule is O=C(O)C1(O)CCC1Oc1ccc(F)cc1F. The van der Waals surface area contributed by atoms with Crippen molar-refractivity contribution < 1.29 is 28.5 Å². The molecule has 2 atom stereocenters. The van der Waals surface area contributed by atoms with E-state index < -0.39 is 29.3 Å². The summed E-state index contributed by atoms with van der Waals surface area (Å²) in [4.78, 5) is 10.8. The molecule has 1 saturated carbocycles. The third-order valence-electron chi connectivity index (χ3n) is 2.85. The molecule has 1 aromatic carbocycles. The van der Waals surface area contributed by atoms with Gasteiger partial charge in [0, 0.05) is 6.07 Å². The second kappa shape index (κ2) is 3.96. The third-order valence-corrected chi connectivity index (χ3v) is 2.85. The number of hydrogen-bond donors (Lipinski definition) is 2. The lowest BCUT2D eigenvalue weighted by Crippen LogP contribution is -2.60. The summed E-state index contributed by atoms with van der Waals surface area (Å²) in [5, 5.41) is 18.4. The molecule has 1 aromatic rings. The molecular weight excluding hydrogens is 234 g/mol. The van der Waals surface area contributed by atoms with Crippen molar-refractivity contribution in [2.24, 2.45) is 0 Å². The van der Waals surface area contributed by atoms with Gasteiger partial charge in [-0.05, 0) is 25.0 Å². The minimum Gasteiger partial charge on any atom is -0.484 e. The van der Waals surface area contributed by atoms with Gasteiger partial charge in [0.2, 0.25) is 0 Å². The molecule has 2 unspecified atom stereocenters. The molecule has 1 aliphatic carbocycles. The lowest BCUT2D eigenvalue weighted by molar-refractivity contribution is -0.188. The van der Waals surface area contributed by atoms with Crippen LogP contribution in [0.3, 0.4) is 0 Å². The zero-order valence-corrected chi connectivity index (χ0v) is 8.69. The van der Waals surface area contributed by atoms with Crippen LogP contribution in [-0.4, -0.2) is 27.9 Å². The normalized spacial score (nSPS) is 27.4. The molecule has 0 saturated heterocycles. The number of carboxylic acid groups (broad SMARTS) is 1. The Kier molecular flexibility index (Phi) is 2.74. The highest BCUT2D eigenvalue weighted by molar-refractivity contribution is 5.79. The number of carboxylic acids is 1. The van der Waals surface area contributed by atoms with Crippen LogP contribution in [0.2, 0.25) is 0 Å². The van der Waals surface area contributed by atoms with E-state index in [1.807, 2.05) is 0 Å². The number of rotatable bonds is 3. The number of aliphatic carboxylic acids is 1. The fourth-order valence-electron chi connectivity index (χ4n) is 1.66. The van der Waals surface area contributed by atoms with Gasteiger partial charge in [0.1, 0.15) is 11.9 Å². The molecule has 1 aliphatic rings. The molecule has 0 bridgehead atoms. The van der Waals surface area contributed by atoms with Gasteiger partial charge >= 0.3 is 5.97 Å². The Labute approximate surface area is 95.4 Å². The van der Waals surface area contributed by atoms with E-state index in [2.05, 4.69) is 0 Å². The zero-order valence-electron chi connectivity index (χ0n) is 8.69. The Morgan fingerprint density at radius 3 is 2.65 bits per heavy atom. The quantitative estimate of drug-likeness (QED) is 0.841. The van der Waals surface area contributed by atoms with Crippen molar-refractivity contribution in [3.63, 3.8) is 0 Å². The van der Waals surface area contributed by atoms with Gasteiger partial charge in [-0.3, -0.25) is 0 Å². The lowest BCUT2D eigenvalue weighted by atomic mass is 9.77. The van der Waals surface area contributed by atoms with Gasteiger partial charge in [-0.25, -0.2) is 13.6 Å². The molecule has 0 spiro atoms. The number of halogens is 2. The second-order valence-corrected chi connectivity index (χ2v) is 3.95. The number of aliphatic hydroxyl groups is 1. The van der Waals surface area contributed by atoms with Crippen LogP contribution < -0.4 is 4.74 Å². The molecule has 4 nitrogen and oxygen atoms in total. The van der Waals surface area contributed by atoms with Crippen LogP contribution in [0.4, 0.5) is 8.78 Å². The molecule has 92 valence electrons. The van der Waals surface area contributed by atoms with Gasteiger partial charge in [-0.2, -0.15) is 0 Å². The molecule has 6 heteroatoms. The van der Waals surface area contributed by atoms with Crippen molar-refractivity contribution in [2.45, 2.75) is 24.5 Å². The van der Waals surface area contributed by atoms with Crippen molar-refractivity contribution >= 4 is 5.97 Å². The number of benzene rings is 1. The highest BCUT2D eigenvalue weighted by Gasteiger charge is 2.54. The topological polar surface area (TPSA) is 66.8 Å². The molecule has 1 fully saturated rings. The van der Waals surface area contributed by atoms with Crippen LogP contribution >= 0.6 is 0 Å². The van der Waals surface area contributed by atoms with Gasteiger partial charge in [0.05, 0.1) is 0 Å². The van der Waals surface area contributed by atoms with Gasteiger partial charge < -0.3 is 14.9 Å². The smallest absolute Gasteiger partial charge is 0.339 e. The molecule has 0 aliphatic heterocycles. The first kappa shape index (κ1) is 11.8. The maximum Gasteiger partial charge on any atom is 0.339 e. The molecule has 2 rings (SSSR count). The lowest BCUT2D eigenvalue weighted by Gasteiger charge is -2.41. The van der Waals surface area contributed by atoms with E-state index in [0.717, 1.165) is 12.1 Å². The predicted molar refractivity (Wildman–Crippen MR) is 52.6 cm³/mol. The maximum absolute atomic E-state index is 13.2. The summed E-state index contributed by atoms with van der Waals surface area (Å²) in [7, 11) is 0. The van der Waals surface area contributed by atoms with E-state index in [9.17, 15) is 18.7 Å².